The smallest absolute Gasteiger partial charge is 0.341 e. The molecular formula is C20H17Cl2NO3S. The normalized spacial score (nSPS) is 11.0. The molecule has 0 aliphatic carbocycles. The van der Waals surface area contributed by atoms with Crippen molar-refractivity contribution in [1.82, 2.24) is 4.57 Å². The molecule has 3 rings (SSSR count). The molecular weight excluding hydrogens is 405 g/mol. The number of aromatic nitrogens is 1. The topological polar surface area (TPSA) is 59.3 Å². The van der Waals surface area contributed by atoms with Crippen molar-refractivity contribution in [1.29, 1.82) is 0 Å². The van der Waals surface area contributed by atoms with Crippen LogP contribution in [-0.2, 0) is 6.54 Å². The van der Waals surface area contributed by atoms with Crippen LogP contribution in [-0.4, -0.2) is 15.6 Å². The molecule has 1 aromatic carbocycles. The number of benzene rings is 1. The van der Waals surface area contributed by atoms with Crippen LogP contribution in [0.5, 0.6) is 0 Å². The summed E-state index contributed by atoms with van der Waals surface area (Å²) in [6, 6.07) is 6.77. The van der Waals surface area contributed by atoms with Crippen LogP contribution in [0.4, 0.5) is 0 Å². The lowest BCUT2D eigenvalue weighted by Gasteiger charge is -2.20. The Morgan fingerprint density at radius 2 is 1.89 bits per heavy atom. The zero-order valence-electron chi connectivity index (χ0n) is 15.0. The molecule has 27 heavy (non-hydrogen) atoms. The van der Waals surface area contributed by atoms with E-state index < -0.39 is 11.4 Å². The van der Waals surface area contributed by atoms with Crippen LogP contribution in [0.15, 0.2) is 34.4 Å². The maximum absolute atomic E-state index is 13.2. The van der Waals surface area contributed by atoms with E-state index in [1.165, 1.54) is 11.3 Å². The number of carboxylic acid groups (broad SMARTS) is 1. The summed E-state index contributed by atoms with van der Waals surface area (Å²) in [6.07, 6.45) is 0. The molecule has 0 fully saturated rings. The van der Waals surface area contributed by atoms with E-state index in [-0.39, 0.29) is 5.56 Å². The van der Waals surface area contributed by atoms with E-state index in [9.17, 15) is 14.7 Å². The van der Waals surface area contributed by atoms with Crippen molar-refractivity contribution in [2.75, 3.05) is 0 Å². The summed E-state index contributed by atoms with van der Waals surface area (Å²) >= 11 is 13.6. The van der Waals surface area contributed by atoms with Gasteiger partial charge in [0.05, 0.1) is 21.3 Å². The molecule has 2 aromatic heterocycles. The molecule has 0 saturated carbocycles. The SMILES string of the molecule is CCn1c(C)c(-c2cc(C)cs2)c(=O)c(C(=O)O)c1-c1ccc(Cl)c(Cl)c1. The molecule has 0 radical (unpaired) electrons. The number of carbonyl (C=O) groups is 1. The third kappa shape index (κ3) is 3.43. The van der Waals surface area contributed by atoms with Gasteiger partial charge >= 0.3 is 5.97 Å². The Bertz CT molecular complexity index is 1120. The number of hydrogen-bond donors (Lipinski definition) is 1. The van der Waals surface area contributed by atoms with E-state index in [0.717, 1.165) is 16.1 Å². The Hall–Kier alpha value is -2.08. The first-order valence-corrected chi connectivity index (χ1v) is 9.91. The Balaban J connectivity index is 2.45. The first-order valence-electron chi connectivity index (χ1n) is 8.27. The molecule has 140 valence electrons. The fourth-order valence-electron chi connectivity index (χ4n) is 3.22. The molecule has 3 aromatic rings. The van der Waals surface area contributed by atoms with E-state index in [2.05, 4.69) is 0 Å². The molecule has 4 nitrogen and oxygen atoms in total. The van der Waals surface area contributed by atoms with Gasteiger partial charge < -0.3 is 9.67 Å². The number of pyridine rings is 1. The second-order valence-electron chi connectivity index (χ2n) is 6.18. The summed E-state index contributed by atoms with van der Waals surface area (Å²) in [7, 11) is 0. The minimum absolute atomic E-state index is 0.262. The second kappa shape index (κ2) is 7.50. The molecule has 0 spiro atoms. The van der Waals surface area contributed by atoms with Crippen LogP contribution in [0, 0.1) is 13.8 Å². The molecule has 0 unspecified atom stereocenters. The Kier molecular flexibility index (Phi) is 5.47. The van der Waals surface area contributed by atoms with Gasteiger partial charge in [0.25, 0.3) is 0 Å². The number of thiophene rings is 1. The first kappa shape index (κ1) is 19.7. The van der Waals surface area contributed by atoms with Gasteiger partial charge in [-0.05, 0) is 49.9 Å². The Morgan fingerprint density at radius 1 is 1.19 bits per heavy atom. The number of aryl methyl sites for hydroxylation is 1. The lowest BCUT2D eigenvalue weighted by molar-refractivity contribution is 0.0695. The minimum Gasteiger partial charge on any atom is -0.477 e. The lowest BCUT2D eigenvalue weighted by atomic mass is 9.99. The van der Waals surface area contributed by atoms with Gasteiger partial charge in [-0.2, -0.15) is 0 Å². The summed E-state index contributed by atoms with van der Waals surface area (Å²) < 4.78 is 1.84. The van der Waals surface area contributed by atoms with Crippen molar-refractivity contribution < 1.29 is 9.90 Å². The summed E-state index contributed by atoms with van der Waals surface area (Å²) in [5, 5.41) is 12.5. The van der Waals surface area contributed by atoms with Gasteiger partial charge in [-0.3, -0.25) is 4.79 Å². The molecule has 0 aliphatic heterocycles. The molecule has 1 N–H and O–H groups in total. The molecule has 2 heterocycles. The first-order chi connectivity index (χ1) is 12.8. The summed E-state index contributed by atoms with van der Waals surface area (Å²) in [5.74, 6) is -1.27. The Morgan fingerprint density at radius 3 is 2.41 bits per heavy atom. The zero-order chi connectivity index (χ0) is 19.9. The molecule has 7 heteroatoms. The number of nitrogens with zero attached hydrogens (tertiary/aromatic N) is 1. The number of hydrogen-bond acceptors (Lipinski definition) is 3. The van der Waals surface area contributed by atoms with Crippen molar-refractivity contribution >= 4 is 40.5 Å². The van der Waals surface area contributed by atoms with Crippen molar-refractivity contribution in [2.24, 2.45) is 0 Å². The highest BCUT2D eigenvalue weighted by atomic mass is 35.5. The maximum Gasteiger partial charge on any atom is 0.341 e. The van der Waals surface area contributed by atoms with Crippen molar-refractivity contribution in [3.8, 4) is 21.7 Å². The van der Waals surface area contributed by atoms with Gasteiger partial charge in [0, 0.05) is 22.7 Å². The summed E-state index contributed by atoms with van der Waals surface area (Å²) in [5.41, 5.74) is 2.30. The lowest BCUT2D eigenvalue weighted by Crippen LogP contribution is -2.25. The number of carboxylic acids is 1. The van der Waals surface area contributed by atoms with Crippen LogP contribution in [0.2, 0.25) is 10.0 Å². The predicted molar refractivity (Wildman–Crippen MR) is 112 cm³/mol. The van der Waals surface area contributed by atoms with E-state index in [1.54, 1.807) is 18.2 Å². The van der Waals surface area contributed by atoms with Crippen molar-refractivity contribution in [3.63, 3.8) is 0 Å². The molecule has 0 amide bonds. The quantitative estimate of drug-likeness (QED) is 0.571. The van der Waals surface area contributed by atoms with E-state index in [0.29, 0.717) is 33.4 Å². The highest BCUT2D eigenvalue weighted by Crippen LogP contribution is 2.34. The van der Waals surface area contributed by atoms with E-state index in [1.807, 2.05) is 36.8 Å². The van der Waals surface area contributed by atoms with E-state index >= 15 is 0 Å². The summed E-state index contributed by atoms with van der Waals surface area (Å²) in [6.45, 7) is 6.19. The van der Waals surface area contributed by atoms with E-state index in [4.69, 9.17) is 23.2 Å². The monoisotopic (exact) mass is 421 g/mol. The number of halogens is 2. The molecule has 0 bridgehead atoms. The van der Waals surface area contributed by atoms with Crippen molar-refractivity contribution in [3.05, 3.63) is 66.7 Å². The van der Waals surface area contributed by atoms with Crippen LogP contribution in [0.3, 0.4) is 0 Å². The van der Waals surface area contributed by atoms with Crippen LogP contribution in [0.1, 0.15) is 28.5 Å². The van der Waals surface area contributed by atoms with Gasteiger partial charge in [-0.1, -0.05) is 29.3 Å². The largest absolute Gasteiger partial charge is 0.477 e. The second-order valence-corrected chi connectivity index (χ2v) is 7.91. The molecule has 0 atom stereocenters. The van der Waals surface area contributed by atoms with Gasteiger partial charge in [-0.15, -0.1) is 11.3 Å². The fraction of sp³-hybridized carbons (Fsp3) is 0.200. The maximum atomic E-state index is 13.2. The minimum atomic E-state index is -1.27. The van der Waals surface area contributed by atoms with Gasteiger partial charge in [0.1, 0.15) is 5.56 Å². The molecule has 0 saturated heterocycles. The third-order valence-electron chi connectivity index (χ3n) is 4.43. The predicted octanol–water partition coefficient (Wildman–Crippen LogP) is 5.89. The van der Waals surface area contributed by atoms with Crippen LogP contribution in [0.25, 0.3) is 21.7 Å². The summed E-state index contributed by atoms with van der Waals surface area (Å²) in [4.78, 5) is 26.0. The van der Waals surface area contributed by atoms with Gasteiger partial charge in [0.2, 0.25) is 5.43 Å². The zero-order valence-corrected chi connectivity index (χ0v) is 17.3. The fourth-order valence-corrected chi connectivity index (χ4v) is 4.52. The van der Waals surface area contributed by atoms with Crippen LogP contribution < -0.4 is 5.43 Å². The average molecular weight is 422 g/mol. The van der Waals surface area contributed by atoms with Gasteiger partial charge in [0.15, 0.2) is 0 Å². The van der Waals surface area contributed by atoms with Crippen molar-refractivity contribution in [2.45, 2.75) is 27.3 Å². The number of aromatic carboxylic acids is 1. The van der Waals surface area contributed by atoms with Gasteiger partial charge in [-0.25, -0.2) is 4.79 Å². The number of rotatable bonds is 4. The standard InChI is InChI=1S/C20H17Cl2NO3S/c1-4-23-11(3)16(15-7-10(2)9-27-15)19(24)17(20(25)26)18(23)12-5-6-13(21)14(22)8-12/h5-9H,4H2,1-3H3,(H,25,26). The highest BCUT2D eigenvalue weighted by molar-refractivity contribution is 7.13. The average Bonchev–Trinajstić information content (AvgIpc) is 3.02. The van der Waals surface area contributed by atoms with Crippen LogP contribution >= 0.6 is 34.5 Å². The Labute approximate surface area is 170 Å². The molecule has 0 aliphatic rings. The third-order valence-corrected chi connectivity index (χ3v) is 6.23. The highest BCUT2D eigenvalue weighted by Gasteiger charge is 2.26.